The molecule has 1 N–H and O–H groups in total. The van der Waals surface area contributed by atoms with Crippen LogP contribution in [-0.2, 0) is 4.79 Å². The van der Waals surface area contributed by atoms with E-state index in [0.717, 1.165) is 18.9 Å². The number of rotatable bonds is 6. The van der Waals surface area contributed by atoms with Gasteiger partial charge >= 0.3 is 0 Å². The highest BCUT2D eigenvalue weighted by molar-refractivity contribution is 5.76. The lowest BCUT2D eigenvalue weighted by Crippen LogP contribution is -2.26. The van der Waals surface area contributed by atoms with E-state index in [1.54, 1.807) is 0 Å². The number of aldehydes is 1. The molecule has 0 atom stereocenters. The molecule has 4 nitrogen and oxygen atoms in total. The van der Waals surface area contributed by atoms with E-state index in [4.69, 9.17) is 4.74 Å². The molecule has 96 valence electrons. The van der Waals surface area contributed by atoms with Crippen molar-refractivity contribution in [3.05, 3.63) is 29.6 Å². The van der Waals surface area contributed by atoms with Crippen LogP contribution in [0.15, 0.2) is 18.2 Å². The molecule has 0 unspecified atom stereocenters. The zero-order chi connectivity index (χ0) is 13.0. The van der Waals surface area contributed by atoms with Gasteiger partial charge in [-0.3, -0.25) is 9.59 Å². The molecule has 0 heterocycles. The van der Waals surface area contributed by atoms with Gasteiger partial charge in [0.1, 0.15) is 6.29 Å². The van der Waals surface area contributed by atoms with E-state index in [2.05, 4.69) is 5.32 Å². The molecule has 0 radical (unpaired) electrons. The first-order chi connectivity index (χ1) is 8.69. The Morgan fingerprint density at radius 3 is 2.89 bits per heavy atom. The van der Waals surface area contributed by atoms with Crippen LogP contribution in [0.5, 0.6) is 5.75 Å². The number of hydrogen-bond acceptors (Lipinski definition) is 3. The number of benzene rings is 1. The normalized spacial score (nSPS) is 14.1. The van der Waals surface area contributed by atoms with Crippen LogP contribution in [0.25, 0.3) is 0 Å². The Labute approximate surface area is 104 Å². The van der Waals surface area contributed by atoms with Crippen molar-refractivity contribution in [1.29, 1.82) is 0 Å². The third kappa shape index (κ3) is 3.55. The first-order valence-corrected chi connectivity index (χ1v) is 5.86. The molecule has 18 heavy (non-hydrogen) atoms. The molecule has 0 saturated heterocycles. The van der Waals surface area contributed by atoms with Gasteiger partial charge in [0, 0.05) is 11.6 Å². The number of hydrogen-bond donors (Lipinski definition) is 1. The summed E-state index contributed by atoms with van der Waals surface area (Å²) in [6.45, 7) is 0.121. The Balaban J connectivity index is 1.78. The van der Waals surface area contributed by atoms with E-state index in [-0.39, 0.29) is 30.2 Å². The number of carbonyl (C=O) groups is 2. The number of amides is 1. The minimum atomic E-state index is -0.595. The SMILES string of the molecule is O=Cc1ccc(OCCC(=O)NC2CC2)c(F)c1. The molecular formula is C13H14FNO3. The lowest BCUT2D eigenvalue weighted by molar-refractivity contribution is -0.121. The van der Waals surface area contributed by atoms with E-state index in [9.17, 15) is 14.0 Å². The maximum Gasteiger partial charge on any atom is 0.223 e. The molecule has 0 spiro atoms. The summed E-state index contributed by atoms with van der Waals surface area (Å²) >= 11 is 0. The van der Waals surface area contributed by atoms with Crippen molar-refractivity contribution in [2.24, 2.45) is 0 Å². The van der Waals surface area contributed by atoms with Gasteiger partial charge in [-0.2, -0.15) is 0 Å². The number of carbonyl (C=O) groups excluding carboxylic acids is 2. The van der Waals surface area contributed by atoms with Crippen LogP contribution in [0.1, 0.15) is 29.6 Å². The first-order valence-electron chi connectivity index (χ1n) is 5.86. The third-order valence-electron chi connectivity index (χ3n) is 2.62. The number of ether oxygens (including phenoxy) is 1. The van der Waals surface area contributed by atoms with Gasteiger partial charge in [0.25, 0.3) is 0 Å². The van der Waals surface area contributed by atoms with E-state index < -0.39 is 5.82 Å². The standard InChI is InChI=1S/C13H14FNO3/c14-11-7-9(8-16)1-4-12(11)18-6-5-13(17)15-10-2-3-10/h1,4,7-8,10H,2-3,5-6H2,(H,15,17). The summed E-state index contributed by atoms with van der Waals surface area (Å²) in [6.07, 6.45) is 2.84. The van der Waals surface area contributed by atoms with Gasteiger partial charge < -0.3 is 10.1 Å². The molecule has 0 aromatic heterocycles. The average molecular weight is 251 g/mol. The second-order valence-corrected chi connectivity index (χ2v) is 4.25. The molecule has 0 aliphatic heterocycles. The summed E-state index contributed by atoms with van der Waals surface area (Å²) in [4.78, 5) is 21.8. The van der Waals surface area contributed by atoms with Crippen molar-refractivity contribution >= 4 is 12.2 Å². The molecule has 1 aromatic carbocycles. The summed E-state index contributed by atoms with van der Waals surface area (Å²) in [5, 5.41) is 2.81. The van der Waals surface area contributed by atoms with Crippen molar-refractivity contribution in [3.8, 4) is 5.75 Å². The zero-order valence-electron chi connectivity index (χ0n) is 9.82. The van der Waals surface area contributed by atoms with E-state index in [1.807, 2.05) is 0 Å². The Bertz CT molecular complexity index is 458. The predicted molar refractivity (Wildman–Crippen MR) is 63.1 cm³/mol. The van der Waals surface area contributed by atoms with Crippen LogP contribution < -0.4 is 10.1 Å². The summed E-state index contributed by atoms with van der Waals surface area (Å²) in [6, 6.07) is 4.28. The van der Waals surface area contributed by atoms with Gasteiger partial charge in [-0.15, -0.1) is 0 Å². The quantitative estimate of drug-likeness (QED) is 0.783. The topological polar surface area (TPSA) is 55.4 Å². The van der Waals surface area contributed by atoms with Crippen LogP contribution in [0.3, 0.4) is 0 Å². The fraction of sp³-hybridized carbons (Fsp3) is 0.385. The van der Waals surface area contributed by atoms with Crippen LogP contribution in [0, 0.1) is 5.82 Å². The molecular weight excluding hydrogens is 237 g/mol. The smallest absolute Gasteiger partial charge is 0.223 e. The van der Waals surface area contributed by atoms with Crippen LogP contribution in [-0.4, -0.2) is 24.8 Å². The molecule has 1 fully saturated rings. The molecule has 0 bridgehead atoms. The molecule has 1 aliphatic rings. The van der Waals surface area contributed by atoms with Gasteiger partial charge in [-0.1, -0.05) is 0 Å². The van der Waals surface area contributed by atoms with Crippen molar-refractivity contribution in [3.63, 3.8) is 0 Å². The van der Waals surface area contributed by atoms with E-state index in [0.29, 0.717) is 12.3 Å². The minimum Gasteiger partial charge on any atom is -0.490 e. The largest absolute Gasteiger partial charge is 0.490 e. The van der Waals surface area contributed by atoms with Crippen molar-refractivity contribution in [2.75, 3.05) is 6.61 Å². The minimum absolute atomic E-state index is 0.0554. The lowest BCUT2D eigenvalue weighted by Gasteiger charge is -2.07. The highest BCUT2D eigenvalue weighted by Crippen LogP contribution is 2.19. The lowest BCUT2D eigenvalue weighted by atomic mass is 10.2. The van der Waals surface area contributed by atoms with E-state index >= 15 is 0 Å². The Morgan fingerprint density at radius 1 is 1.50 bits per heavy atom. The van der Waals surface area contributed by atoms with Crippen LogP contribution in [0.4, 0.5) is 4.39 Å². The van der Waals surface area contributed by atoms with Gasteiger partial charge in [-0.05, 0) is 31.0 Å². The third-order valence-corrected chi connectivity index (χ3v) is 2.62. The van der Waals surface area contributed by atoms with Crippen molar-refractivity contribution < 1.29 is 18.7 Å². The summed E-state index contributed by atoms with van der Waals surface area (Å²) in [7, 11) is 0. The maximum atomic E-state index is 13.4. The van der Waals surface area contributed by atoms with Gasteiger partial charge in [0.2, 0.25) is 5.91 Å². The highest BCUT2D eigenvalue weighted by Gasteiger charge is 2.22. The average Bonchev–Trinajstić information content (AvgIpc) is 3.15. The van der Waals surface area contributed by atoms with Crippen molar-refractivity contribution in [2.45, 2.75) is 25.3 Å². The second-order valence-electron chi connectivity index (χ2n) is 4.25. The summed E-state index contributed by atoms with van der Waals surface area (Å²) in [5.74, 6) is -0.621. The second kappa shape index (κ2) is 5.62. The fourth-order valence-electron chi connectivity index (χ4n) is 1.49. The number of nitrogens with one attached hydrogen (secondary N) is 1. The molecule has 5 heteroatoms. The highest BCUT2D eigenvalue weighted by atomic mass is 19.1. The Kier molecular flexibility index (Phi) is 3.92. The first kappa shape index (κ1) is 12.5. The zero-order valence-corrected chi connectivity index (χ0v) is 9.82. The van der Waals surface area contributed by atoms with Gasteiger partial charge in [-0.25, -0.2) is 4.39 Å². The predicted octanol–water partition coefficient (Wildman–Crippen LogP) is 1.69. The molecule has 2 rings (SSSR count). The molecule has 1 amide bonds. The molecule has 1 saturated carbocycles. The molecule has 1 aliphatic carbocycles. The maximum absolute atomic E-state index is 13.4. The molecule has 1 aromatic rings. The van der Waals surface area contributed by atoms with Crippen LogP contribution in [0.2, 0.25) is 0 Å². The van der Waals surface area contributed by atoms with Gasteiger partial charge in [0.05, 0.1) is 13.0 Å². The van der Waals surface area contributed by atoms with Crippen molar-refractivity contribution in [1.82, 2.24) is 5.32 Å². The van der Waals surface area contributed by atoms with Crippen LogP contribution >= 0.6 is 0 Å². The number of halogens is 1. The van der Waals surface area contributed by atoms with E-state index in [1.165, 1.54) is 12.1 Å². The van der Waals surface area contributed by atoms with Gasteiger partial charge in [0.15, 0.2) is 11.6 Å². The summed E-state index contributed by atoms with van der Waals surface area (Å²) in [5.41, 5.74) is 0.256. The monoisotopic (exact) mass is 251 g/mol. The fourth-order valence-corrected chi connectivity index (χ4v) is 1.49. The summed E-state index contributed by atoms with van der Waals surface area (Å²) < 4.78 is 18.6. The Morgan fingerprint density at radius 2 is 2.28 bits per heavy atom. The Hall–Kier alpha value is -1.91.